The molecule has 0 saturated heterocycles. The highest BCUT2D eigenvalue weighted by molar-refractivity contribution is 9.10. The Morgan fingerprint density at radius 1 is 1.50 bits per heavy atom. The maximum absolute atomic E-state index is 5.24. The van der Waals surface area contributed by atoms with Crippen LogP contribution in [0.15, 0.2) is 28.7 Å². The summed E-state index contributed by atoms with van der Waals surface area (Å²) < 4.78 is 6.05. The number of hydrogen-bond donors (Lipinski definition) is 2. The molecule has 0 amide bonds. The molecule has 1 unspecified atom stereocenters. The standard InChI is InChI=1S/C13H19BrN2OS/c1-10(11-5-3-6-12(14)9-11)16-13(18)15-7-4-8-17-2/h3,5-6,9-10H,4,7-8H2,1-2H3,(H2,15,16,18). The van der Waals surface area contributed by atoms with E-state index in [2.05, 4.69) is 45.6 Å². The minimum atomic E-state index is 0.185. The van der Waals surface area contributed by atoms with E-state index in [0.29, 0.717) is 5.11 Å². The van der Waals surface area contributed by atoms with Gasteiger partial charge in [0.15, 0.2) is 5.11 Å². The van der Waals surface area contributed by atoms with Crippen molar-refractivity contribution in [1.82, 2.24) is 10.6 Å². The monoisotopic (exact) mass is 330 g/mol. The maximum Gasteiger partial charge on any atom is 0.166 e. The molecule has 1 atom stereocenters. The van der Waals surface area contributed by atoms with Crippen molar-refractivity contribution in [2.75, 3.05) is 20.3 Å². The lowest BCUT2D eigenvalue weighted by Crippen LogP contribution is -2.37. The van der Waals surface area contributed by atoms with E-state index in [1.165, 1.54) is 5.56 Å². The van der Waals surface area contributed by atoms with Crippen LogP contribution in [0.5, 0.6) is 0 Å². The van der Waals surface area contributed by atoms with E-state index in [1.807, 2.05) is 12.1 Å². The van der Waals surface area contributed by atoms with Gasteiger partial charge in [-0.3, -0.25) is 0 Å². The second-order valence-corrected chi connectivity index (χ2v) is 5.35. The molecule has 0 radical (unpaired) electrons. The Morgan fingerprint density at radius 3 is 2.94 bits per heavy atom. The summed E-state index contributed by atoms with van der Waals surface area (Å²) in [6, 6.07) is 8.38. The van der Waals surface area contributed by atoms with Gasteiger partial charge in [0, 0.05) is 24.7 Å². The molecule has 0 spiro atoms. The quantitative estimate of drug-likeness (QED) is 0.620. The van der Waals surface area contributed by atoms with Crippen LogP contribution in [0, 0.1) is 0 Å². The van der Waals surface area contributed by atoms with Gasteiger partial charge in [-0.05, 0) is 43.3 Å². The molecule has 0 fully saturated rings. The first-order chi connectivity index (χ1) is 8.63. The summed E-state index contributed by atoms with van der Waals surface area (Å²) in [6.07, 6.45) is 0.948. The average molecular weight is 331 g/mol. The van der Waals surface area contributed by atoms with Gasteiger partial charge in [-0.2, -0.15) is 0 Å². The Kier molecular flexibility index (Phi) is 7.23. The normalized spacial score (nSPS) is 11.9. The Bertz CT molecular complexity index is 387. The molecule has 0 heterocycles. The van der Waals surface area contributed by atoms with E-state index < -0.39 is 0 Å². The van der Waals surface area contributed by atoms with Crippen molar-refractivity contribution < 1.29 is 4.74 Å². The van der Waals surface area contributed by atoms with Crippen molar-refractivity contribution in [2.45, 2.75) is 19.4 Å². The van der Waals surface area contributed by atoms with Gasteiger partial charge in [-0.25, -0.2) is 0 Å². The summed E-state index contributed by atoms with van der Waals surface area (Å²) in [7, 11) is 1.70. The summed E-state index contributed by atoms with van der Waals surface area (Å²) in [6.45, 7) is 3.66. The number of methoxy groups -OCH3 is 1. The molecular weight excluding hydrogens is 312 g/mol. The zero-order valence-electron chi connectivity index (χ0n) is 10.7. The molecule has 5 heteroatoms. The number of halogens is 1. The van der Waals surface area contributed by atoms with Crippen molar-refractivity contribution in [3.05, 3.63) is 34.3 Å². The van der Waals surface area contributed by atoms with E-state index in [9.17, 15) is 0 Å². The highest BCUT2D eigenvalue weighted by Gasteiger charge is 2.06. The second kappa shape index (κ2) is 8.45. The van der Waals surface area contributed by atoms with Gasteiger partial charge in [-0.15, -0.1) is 0 Å². The second-order valence-electron chi connectivity index (χ2n) is 4.02. The topological polar surface area (TPSA) is 33.3 Å². The molecule has 0 bridgehead atoms. The fourth-order valence-corrected chi connectivity index (χ4v) is 2.22. The SMILES string of the molecule is COCCCNC(=S)NC(C)c1cccc(Br)c1. The highest BCUT2D eigenvalue weighted by atomic mass is 79.9. The molecule has 0 aliphatic heterocycles. The molecule has 1 rings (SSSR count). The zero-order valence-corrected chi connectivity index (χ0v) is 13.1. The average Bonchev–Trinajstić information content (AvgIpc) is 2.34. The van der Waals surface area contributed by atoms with E-state index in [-0.39, 0.29) is 6.04 Å². The van der Waals surface area contributed by atoms with Crippen LogP contribution in [0.1, 0.15) is 24.9 Å². The van der Waals surface area contributed by atoms with Crippen LogP contribution < -0.4 is 10.6 Å². The van der Waals surface area contributed by atoms with Crippen LogP contribution in [-0.2, 0) is 4.74 Å². The summed E-state index contributed by atoms with van der Waals surface area (Å²) in [5, 5.41) is 7.10. The molecule has 1 aromatic carbocycles. The van der Waals surface area contributed by atoms with E-state index in [0.717, 1.165) is 24.0 Å². The Balaban J connectivity index is 2.35. The Labute approximate surface area is 122 Å². The fourth-order valence-electron chi connectivity index (χ4n) is 1.53. The van der Waals surface area contributed by atoms with Crippen LogP contribution in [0.25, 0.3) is 0 Å². The van der Waals surface area contributed by atoms with Crippen LogP contribution in [-0.4, -0.2) is 25.4 Å². The largest absolute Gasteiger partial charge is 0.385 e. The third-order valence-corrected chi connectivity index (χ3v) is 3.26. The lowest BCUT2D eigenvalue weighted by molar-refractivity contribution is 0.195. The van der Waals surface area contributed by atoms with Crippen molar-refractivity contribution in [3.8, 4) is 0 Å². The molecule has 1 aromatic rings. The zero-order chi connectivity index (χ0) is 13.4. The van der Waals surface area contributed by atoms with Gasteiger partial charge >= 0.3 is 0 Å². The first-order valence-corrected chi connectivity index (χ1v) is 7.12. The molecule has 0 saturated carbocycles. The van der Waals surface area contributed by atoms with Crippen LogP contribution in [0.4, 0.5) is 0 Å². The molecule has 18 heavy (non-hydrogen) atoms. The molecule has 0 aliphatic rings. The Morgan fingerprint density at radius 2 is 2.28 bits per heavy atom. The van der Waals surface area contributed by atoms with Crippen molar-refractivity contribution in [2.24, 2.45) is 0 Å². The smallest absolute Gasteiger partial charge is 0.166 e. The lowest BCUT2D eigenvalue weighted by Gasteiger charge is -2.17. The molecule has 0 aromatic heterocycles. The number of nitrogens with one attached hydrogen (secondary N) is 2. The molecule has 100 valence electrons. The van der Waals surface area contributed by atoms with Crippen LogP contribution in [0.2, 0.25) is 0 Å². The van der Waals surface area contributed by atoms with E-state index in [1.54, 1.807) is 7.11 Å². The number of thiocarbonyl (C=S) groups is 1. The van der Waals surface area contributed by atoms with Gasteiger partial charge in [-0.1, -0.05) is 28.1 Å². The van der Waals surface area contributed by atoms with Crippen LogP contribution in [0.3, 0.4) is 0 Å². The number of hydrogen-bond acceptors (Lipinski definition) is 2. The lowest BCUT2D eigenvalue weighted by atomic mass is 10.1. The molecular formula is C13H19BrN2OS. The van der Waals surface area contributed by atoms with E-state index in [4.69, 9.17) is 17.0 Å². The number of benzene rings is 1. The van der Waals surface area contributed by atoms with Crippen molar-refractivity contribution >= 4 is 33.3 Å². The first kappa shape index (κ1) is 15.4. The van der Waals surface area contributed by atoms with Gasteiger partial charge in [0.1, 0.15) is 0 Å². The van der Waals surface area contributed by atoms with Gasteiger partial charge < -0.3 is 15.4 Å². The van der Waals surface area contributed by atoms with E-state index >= 15 is 0 Å². The minimum Gasteiger partial charge on any atom is -0.385 e. The Hall–Kier alpha value is -0.650. The molecule has 2 N–H and O–H groups in total. The minimum absolute atomic E-state index is 0.185. The number of ether oxygens (including phenoxy) is 1. The van der Waals surface area contributed by atoms with Gasteiger partial charge in [0.05, 0.1) is 6.04 Å². The summed E-state index contributed by atoms with van der Waals surface area (Å²) >= 11 is 8.70. The summed E-state index contributed by atoms with van der Waals surface area (Å²) in [5.74, 6) is 0. The summed E-state index contributed by atoms with van der Waals surface area (Å²) in [5.41, 5.74) is 1.20. The third kappa shape index (κ3) is 5.80. The third-order valence-electron chi connectivity index (χ3n) is 2.51. The van der Waals surface area contributed by atoms with Gasteiger partial charge in [0.25, 0.3) is 0 Å². The number of rotatable bonds is 6. The predicted octanol–water partition coefficient (Wildman–Crippen LogP) is 3.01. The van der Waals surface area contributed by atoms with Gasteiger partial charge in [0.2, 0.25) is 0 Å². The van der Waals surface area contributed by atoms with Crippen LogP contribution >= 0.6 is 28.1 Å². The fraction of sp³-hybridized carbons (Fsp3) is 0.462. The van der Waals surface area contributed by atoms with Crippen molar-refractivity contribution in [3.63, 3.8) is 0 Å². The first-order valence-electron chi connectivity index (χ1n) is 5.92. The summed E-state index contributed by atoms with van der Waals surface area (Å²) in [4.78, 5) is 0. The predicted molar refractivity (Wildman–Crippen MR) is 82.8 cm³/mol. The maximum atomic E-state index is 5.24. The molecule has 3 nitrogen and oxygen atoms in total. The highest BCUT2D eigenvalue weighted by Crippen LogP contribution is 2.17. The molecule has 0 aliphatic carbocycles. The van der Waals surface area contributed by atoms with Crippen molar-refractivity contribution in [1.29, 1.82) is 0 Å².